The molecule has 0 aliphatic heterocycles. The van der Waals surface area contributed by atoms with Crippen molar-refractivity contribution in [3.05, 3.63) is 0 Å². The second kappa shape index (κ2) is 24.3. The zero-order valence-corrected chi connectivity index (χ0v) is 21.4. The molecule has 0 N–H and O–H groups in total. The van der Waals surface area contributed by atoms with Gasteiger partial charge in [-0.2, -0.15) is 0 Å². The molecule has 1 atom stereocenters. The summed E-state index contributed by atoms with van der Waals surface area (Å²) < 4.78 is 0. The van der Waals surface area contributed by atoms with Crippen LogP contribution in [0.5, 0.6) is 0 Å². The highest BCUT2D eigenvalue weighted by Gasteiger charge is 2.02. The highest BCUT2D eigenvalue weighted by Crippen LogP contribution is 2.19. The first kappa shape index (κ1) is 29.0. The number of hydrogen-bond acceptors (Lipinski definition) is 0. The van der Waals surface area contributed by atoms with Crippen LogP contribution < -0.4 is 0 Å². The Morgan fingerprint density at radius 2 is 0.621 bits per heavy atom. The summed E-state index contributed by atoms with van der Waals surface area (Å²) in [6.07, 6.45) is 33.8. The Bertz CT molecular complexity index is 280. The summed E-state index contributed by atoms with van der Waals surface area (Å²) in [4.78, 5) is 0. The molecule has 0 aromatic carbocycles. The van der Waals surface area contributed by atoms with Gasteiger partial charge in [0.25, 0.3) is 0 Å². The predicted octanol–water partition coefficient (Wildman–Crippen LogP) is 11.3. The van der Waals surface area contributed by atoms with E-state index in [0.717, 1.165) is 11.8 Å². The van der Waals surface area contributed by atoms with E-state index in [0.29, 0.717) is 0 Å². The normalized spacial score (nSPS) is 12.7. The molecule has 1 unspecified atom stereocenters. The fraction of sp³-hybridized carbons (Fsp3) is 1.00. The molecule has 0 aliphatic rings. The summed E-state index contributed by atoms with van der Waals surface area (Å²) in [7, 11) is 0. The van der Waals surface area contributed by atoms with Gasteiger partial charge in [-0.3, -0.25) is 0 Å². The molecule has 0 spiro atoms. The summed E-state index contributed by atoms with van der Waals surface area (Å²) in [5, 5.41) is 0. The first-order chi connectivity index (χ1) is 14.2. The zero-order chi connectivity index (χ0) is 21.4. The van der Waals surface area contributed by atoms with Crippen molar-refractivity contribution in [2.75, 3.05) is 0 Å². The second-order valence-corrected chi connectivity index (χ2v) is 10.6. The average Bonchev–Trinajstić information content (AvgIpc) is 2.70. The van der Waals surface area contributed by atoms with E-state index >= 15 is 0 Å². The monoisotopic (exact) mass is 408 g/mol. The quantitative estimate of drug-likeness (QED) is 0.139. The highest BCUT2D eigenvalue weighted by atomic mass is 14.1. The zero-order valence-electron chi connectivity index (χ0n) is 21.4. The number of rotatable bonds is 24. The molecular weight excluding hydrogens is 348 g/mol. The van der Waals surface area contributed by atoms with Crippen molar-refractivity contribution in [2.24, 2.45) is 11.8 Å². The van der Waals surface area contributed by atoms with Crippen molar-refractivity contribution in [1.29, 1.82) is 0 Å². The molecular formula is C29H60. The van der Waals surface area contributed by atoms with Crippen LogP contribution in [0.2, 0.25) is 0 Å². The molecule has 0 saturated heterocycles. The maximum atomic E-state index is 2.49. The number of hydrogen-bond donors (Lipinski definition) is 0. The molecule has 176 valence electrons. The van der Waals surface area contributed by atoms with Gasteiger partial charge in [0.15, 0.2) is 0 Å². The maximum Gasteiger partial charge on any atom is -0.0443 e. The van der Waals surface area contributed by atoms with Gasteiger partial charge in [-0.1, -0.05) is 175 Å². The van der Waals surface area contributed by atoms with Crippen molar-refractivity contribution >= 4 is 0 Å². The van der Waals surface area contributed by atoms with Crippen molar-refractivity contribution in [3.63, 3.8) is 0 Å². The summed E-state index contributed by atoms with van der Waals surface area (Å²) in [6.45, 7) is 9.48. The predicted molar refractivity (Wildman–Crippen MR) is 136 cm³/mol. The van der Waals surface area contributed by atoms with Gasteiger partial charge in [-0.05, 0) is 11.8 Å². The van der Waals surface area contributed by atoms with E-state index in [-0.39, 0.29) is 0 Å². The fourth-order valence-electron chi connectivity index (χ4n) is 4.58. The van der Waals surface area contributed by atoms with E-state index in [2.05, 4.69) is 27.7 Å². The largest absolute Gasteiger partial charge is 0.0654 e. The lowest BCUT2D eigenvalue weighted by molar-refractivity contribution is 0.430. The molecule has 0 radical (unpaired) electrons. The van der Waals surface area contributed by atoms with E-state index in [9.17, 15) is 0 Å². The van der Waals surface area contributed by atoms with Gasteiger partial charge in [0.1, 0.15) is 0 Å². The number of unbranched alkanes of at least 4 members (excludes halogenated alkanes) is 18. The summed E-state index contributed by atoms with van der Waals surface area (Å²) >= 11 is 0. The molecule has 0 nitrogen and oxygen atoms in total. The van der Waals surface area contributed by atoms with Crippen LogP contribution >= 0.6 is 0 Å². The minimum atomic E-state index is 0.897. The third-order valence-electron chi connectivity index (χ3n) is 6.78. The average molecular weight is 409 g/mol. The van der Waals surface area contributed by atoms with Crippen LogP contribution in [0.25, 0.3) is 0 Å². The van der Waals surface area contributed by atoms with Crippen LogP contribution in [0.15, 0.2) is 0 Å². The molecule has 0 aromatic heterocycles. The van der Waals surface area contributed by atoms with Crippen molar-refractivity contribution < 1.29 is 0 Å². The van der Waals surface area contributed by atoms with Crippen LogP contribution in [0.3, 0.4) is 0 Å². The molecule has 0 rings (SSSR count). The van der Waals surface area contributed by atoms with Gasteiger partial charge in [0, 0.05) is 0 Å². The van der Waals surface area contributed by atoms with Gasteiger partial charge in [0.05, 0.1) is 0 Å². The lowest BCUT2D eigenvalue weighted by Crippen LogP contribution is -1.95. The van der Waals surface area contributed by atoms with Gasteiger partial charge >= 0.3 is 0 Å². The van der Waals surface area contributed by atoms with Crippen molar-refractivity contribution in [1.82, 2.24) is 0 Å². The molecule has 0 heteroatoms. The SMILES string of the molecule is CCCCCCCCCC(C)CCCCCCCCCCCCCCCC(C)C. The maximum absolute atomic E-state index is 2.49. The Morgan fingerprint density at radius 1 is 0.345 bits per heavy atom. The molecule has 29 heavy (non-hydrogen) atoms. The van der Waals surface area contributed by atoms with E-state index in [1.54, 1.807) is 0 Å². The minimum absolute atomic E-state index is 0.897. The Balaban J connectivity index is 3.12. The van der Waals surface area contributed by atoms with Gasteiger partial charge in [-0.25, -0.2) is 0 Å². The second-order valence-electron chi connectivity index (χ2n) is 10.6. The third-order valence-corrected chi connectivity index (χ3v) is 6.78. The molecule has 0 amide bonds. The highest BCUT2D eigenvalue weighted by molar-refractivity contribution is 4.56. The van der Waals surface area contributed by atoms with Crippen LogP contribution in [0, 0.1) is 11.8 Å². The van der Waals surface area contributed by atoms with E-state index in [1.165, 1.54) is 148 Å². The minimum Gasteiger partial charge on any atom is -0.0654 e. The lowest BCUT2D eigenvalue weighted by atomic mass is 9.95. The van der Waals surface area contributed by atoms with Crippen LogP contribution in [0.1, 0.15) is 175 Å². The Hall–Kier alpha value is 0. The molecule has 0 bridgehead atoms. The van der Waals surface area contributed by atoms with Gasteiger partial charge < -0.3 is 0 Å². The van der Waals surface area contributed by atoms with Crippen LogP contribution in [0.4, 0.5) is 0 Å². The Kier molecular flexibility index (Phi) is 24.3. The molecule has 0 aliphatic carbocycles. The van der Waals surface area contributed by atoms with E-state index < -0.39 is 0 Å². The third kappa shape index (κ3) is 26.0. The first-order valence-corrected chi connectivity index (χ1v) is 14.2. The summed E-state index contributed by atoms with van der Waals surface area (Å²) in [5.41, 5.74) is 0. The fourth-order valence-corrected chi connectivity index (χ4v) is 4.58. The first-order valence-electron chi connectivity index (χ1n) is 14.2. The van der Waals surface area contributed by atoms with Crippen LogP contribution in [-0.4, -0.2) is 0 Å². The molecule has 0 saturated carbocycles. The van der Waals surface area contributed by atoms with Crippen molar-refractivity contribution in [3.8, 4) is 0 Å². The van der Waals surface area contributed by atoms with Crippen LogP contribution in [-0.2, 0) is 0 Å². The Labute approximate surface area is 187 Å². The summed E-state index contributed by atoms with van der Waals surface area (Å²) in [5.74, 6) is 1.87. The Morgan fingerprint density at radius 3 is 0.931 bits per heavy atom. The van der Waals surface area contributed by atoms with Gasteiger partial charge in [-0.15, -0.1) is 0 Å². The molecule has 0 aromatic rings. The standard InChI is InChI=1S/C29H60/c1-5-6-7-8-16-20-23-26-29(4)27-24-21-18-15-13-11-9-10-12-14-17-19-22-25-28(2)3/h28-29H,5-27H2,1-4H3. The lowest BCUT2D eigenvalue weighted by Gasteiger charge is -2.11. The topological polar surface area (TPSA) is 0 Å². The van der Waals surface area contributed by atoms with E-state index in [1.807, 2.05) is 0 Å². The molecule has 0 fully saturated rings. The summed E-state index contributed by atoms with van der Waals surface area (Å²) in [6, 6.07) is 0. The van der Waals surface area contributed by atoms with Gasteiger partial charge in [0.2, 0.25) is 0 Å². The smallest absolute Gasteiger partial charge is 0.0443 e. The van der Waals surface area contributed by atoms with Crippen molar-refractivity contribution in [2.45, 2.75) is 175 Å². The van der Waals surface area contributed by atoms with E-state index in [4.69, 9.17) is 0 Å². The molecule has 0 heterocycles.